The lowest BCUT2D eigenvalue weighted by molar-refractivity contribution is -0.141. The van der Waals surface area contributed by atoms with Crippen LogP contribution in [0.25, 0.3) is 0 Å². The van der Waals surface area contributed by atoms with E-state index < -0.39 is 23.5 Å². The largest absolute Gasteiger partial charge is 0.481 e. The Hall–Kier alpha value is -3.52. The molecule has 3 N–H and O–H groups in total. The molecule has 236 valence electrons. The fraction of sp³-hybridized carbons (Fsp3) is 0.444. The Bertz CT molecular complexity index is 1020. The smallest absolute Gasteiger partial charge is 0.320 e. The third kappa shape index (κ3) is 12.3. The van der Waals surface area contributed by atoms with E-state index in [0.717, 1.165) is 16.7 Å². The average molecular weight is 592 g/mol. The predicted molar refractivity (Wildman–Crippen MR) is 178 cm³/mol. The Morgan fingerprint density at radius 1 is 0.605 bits per heavy atom. The number of carboxylic acid groups (broad SMARTS) is 2. The van der Waals surface area contributed by atoms with Crippen LogP contribution in [0, 0.1) is 0 Å². The molecule has 0 aliphatic rings. The van der Waals surface area contributed by atoms with E-state index in [4.69, 9.17) is 5.11 Å². The normalized spacial score (nSPS) is 11.6. The summed E-state index contributed by atoms with van der Waals surface area (Å²) >= 11 is 0. The summed E-state index contributed by atoms with van der Waals surface area (Å²) in [5.41, 5.74) is 1.67. The second-order valence-electron chi connectivity index (χ2n) is 10.1. The van der Waals surface area contributed by atoms with Gasteiger partial charge in [-0.05, 0) is 62.4 Å². The number of carboxylic acids is 2. The molecule has 1 atom stereocenters. The van der Waals surface area contributed by atoms with Gasteiger partial charge in [0, 0.05) is 6.42 Å². The molecular formula is C36H53N3O4. The first kappa shape index (κ1) is 37.5. The number of benzene rings is 3. The molecule has 0 amide bonds. The Labute approximate surface area is 259 Å². The summed E-state index contributed by atoms with van der Waals surface area (Å²) < 4.78 is 0. The van der Waals surface area contributed by atoms with E-state index in [1.807, 2.05) is 91.0 Å². The van der Waals surface area contributed by atoms with Gasteiger partial charge >= 0.3 is 11.9 Å². The number of rotatable bonds is 15. The Balaban J connectivity index is 0.000000548. The fourth-order valence-corrected chi connectivity index (χ4v) is 4.94. The number of hydrogen-bond acceptors (Lipinski definition) is 5. The molecule has 0 radical (unpaired) electrons. The molecular weight excluding hydrogens is 538 g/mol. The fourth-order valence-electron chi connectivity index (χ4n) is 4.94. The van der Waals surface area contributed by atoms with Crippen molar-refractivity contribution in [1.82, 2.24) is 15.1 Å². The van der Waals surface area contributed by atoms with Crippen LogP contribution in [0.5, 0.6) is 0 Å². The first-order valence-corrected chi connectivity index (χ1v) is 15.6. The molecule has 7 heteroatoms. The number of nitrogens with one attached hydrogen (secondary N) is 1. The van der Waals surface area contributed by atoms with Crippen LogP contribution in [0.4, 0.5) is 0 Å². The van der Waals surface area contributed by atoms with Gasteiger partial charge in [-0.3, -0.25) is 14.9 Å². The monoisotopic (exact) mass is 591 g/mol. The van der Waals surface area contributed by atoms with Crippen molar-refractivity contribution >= 4 is 11.9 Å². The molecule has 3 aromatic carbocycles. The highest BCUT2D eigenvalue weighted by atomic mass is 16.4. The molecule has 0 spiro atoms. The zero-order valence-corrected chi connectivity index (χ0v) is 27.0. The molecule has 0 unspecified atom stereocenters. The SMILES string of the molecule is CCN(CC)CC.CCN(CC)CC.O=C(O)CC[C@H](NC(c1ccccc1)(c1ccccc1)c1ccccc1)C(=O)O. The van der Waals surface area contributed by atoms with E-state index in [-0.39, 0.29) is 12.8 Å². The minimum Gasteiger partial charge on any atom is -0.481 e. The molecule has 43 heavy (non-hydrogen) atoms. The van der Waals surface area contributed by atoms with Gasteiger partial charge in [0.1, 0.15) is 6.04 Å². The summed E-state index contributed by atoms with van der Waals surface area (Å²) in [6, 6.07) is 27.8. The van der Waals surface area contributed by atoms with Gasteiger partial charge in [-0.15, -0.1) is 0 Å². The maximum atomic E-state index is 12.0. The van der Waals surface area contributed by atoms with E-state index in [1.165, 1.54) is 39.3 Å². The highest BCUT2D eigenvalue weighted by molar-refractivity contribution is 5.75. The van der Waals surface area contributed by atoms with Crippen LogP contribution in [-0.2, 0) is 15.1 Å². The first-order valence-electron chi connectivity index (χ1n) is 15.6. The van der Waals surface area contributed by atoms with Gasteiger partial charge < -0.3 is 20.0 Å². The maximum Gasteiger partial charge on any atom is 0.320 e. The summed E-state index contributed by atoms with van der Waals surface area (Å²) in [6.07, 6.45) is -0.267. The van der Waals surface area contributed by atoms with Crippen LogP contribution >= 0.6 is 0 Å². The predicted octanol–water partition coefficient (Wildman–Crippen LogP) is 6.58. The van der Waals surface area contributed by atoms with Gasteiger partial charge in [-0.25, -0.2) is 0 Å². The molecule has 0 bridgehead atoms. The van der Waals surface area contributed by atoms with Crippen LogP contribution < -0.4 is 5.32 Å². The lowest BCUT2D eigenvalue weighted by atomic mass is 9.76. The number of carbonyl (C=O) groups is 2. The minimum absolute atomic E-state index is 0.0289. The minimum atomic E-state index is -1.08. The summed E-state index contributed by atoms with van der Waals surface area (Å²) in [5, 5.41) is 22.2. The summed E-state index contributed by atoms with van der Waals surface area (Å²) in [5.74, 6) is -2.11. The molecule has 7 nitrogen and oxygen atoms in total. The van der Waals surface area contributed by atoms with E-state index in [2.05, 4.69) is 56.7 Å². The van der Waals surface area contributed by atoms with Crippen molar-refractivity contribution in [3.8, 4) is 0 Å². The van der Waals surface area contributed by atoms with Crippen LogP contribution in [0.15, 0.2) is 91.0 Å². The number of nitrogens with zero attached hydrogens (tertiary/aromatic N) is 2. The van der Waals surface area contributed by atoms with Gasteiger partial charge in [-0.1, -0.05) is 133 Å². The molecule has 3 aromatic rings. The van der Waals surface area contributed by atoms with Crippen molar-refractivity contribution < 1.29 is 19.8 Å². The van der Waals surface area contributed by atoms with Crippen LogP contribution in [-0.4, -0.2) is 77.3 Å². The number of hydrogen-bond donors (Lipinski definition) is 3. The quantitative estimate of drug-likeness (QED) is 0.172. The van der Waals surface area contributed by atoms with E-state index in [0.29, 0.717) is 0 Å². The van der Waals surface area contributed by atoms with Gasteiger partial charge in [0.15, 0.2) is 0 Å². The molecule has 0 fully saturated rings. The third-order valence-electron chi connectivity index (χ3n) is 7.64. The number of aliphatic carboxylic acids is 2. The van der Waals surface area contributed by atoms with Crippen LogP contribution in [0.1, 0.15) is 71.1 Å². The first-order chi connectivity index (χ1) is 20.7. The van der Waals surface area contributed by atoms with Crippen molar-refractivity contribution in [2.45, 2.75) is 66.0 Å². The molecule has 3 rings (SSSR count). The molecule has 0 heterocycles. The van der Waals surface area contributed by atoms with Crippen molar-refractivity contribution in [1.29, 1.82) is 0 Å². The molecule has 0 saturated heterocycles. The van der Waals surface area contributed by atoms with Crippen molar-refractivity contribution in [3.63, 3.8) is 0 Å². The zero-order valence-electron chi connectivity index (χ0n) is 27.0. The highest BCUT2D eigenvalue weighted by Gasteiger charge is 2.39. The second kappa shape index (κ2) is 21.2. The second-order valence-corrected chi connectivity index (χ2v) is 10.1. The van der Waals surface area contributed by atoms with E-state index >= 15 is 0 Å². The molecule has 0 aliphatic carbocycles. The maximum absolute atomic E-state index is 12.0. The lowest BCUT2D eigenvalue weighted by Crippen LogP contribution is -2.52. The van der Waals surface area contributed by atoms with Gasteiger partial charge in [0.2, 0.25) is 0 Å². The molecule has 0 aromatic heterocycles. The van der Waals surface area contributed by atoms with Gasteiger partial charge in [-0.2, -0.15) is 0 Å². The third-order valence-corrected chi connectivity index (χ3v) is 7.64. The molecule has 0 aliphatic heterocycles. The van der Waals surface area contributed by atoms with Crippen LogP contribution in [0.3, 0.4) is 0 Å². The lowest BCUT2D eigenvalue weighted by Gasteiger charge is -2.39. The summed E-state index contributed by atoms with van der Waals surface area (Å²) in [7, 11) is 0. The van der Waals surface area contributed by atoms with Crippen molar-refractivity contribution in [3.05, 3.63) is 108 Å². The standard InChI is InChI=1S/C24H23NO4.2C6H15N/c26-22(27)17-16-21(23(28)29)25-24(18-10-4-1-5-11-18,19-12-6-2-7-13-19)20-14-8-3-9-15-20;2*1-4-7(5-2)6-3/h1-15,21,25H,16-17H2,(H,26,27)(H,28,29);2*4-6H2,1-3H3/t21-;;/m0../s1. The Morgan fingerprint density at radius 2 is 0.907 bits per heavy atom. The topological polar surface area (TPSA) is 93.1 Å². The van der Waals surface area contributed by atoms with Crippen molar-refractivity contribution in [2.75, 3.05) is 39.3 Å². The van der Waals surface area contributed by atoms with E-state index in [1.54, 1.807) is 0 Å². The Kier molecular flexibility index (Phi) is 18.5. The molecule has 0 saturated carbocycles. The van der Waals surface area contributed by atoms with Crippen LogP contribution in [0.2, 0.25) is 0 Å². The summed E-state index contributed by atoms with van der Waals surface area (Å²) in [4.78, 5) is 27.9. The van der Waals surface area contributed by atoms with E-state index in [9.17, 15) is 14.7 Å². The summed E-state index contributed by atoms with van der Waals surface area (Å²) in [6.45, 7) is 20.2. The van der Waals surface area contributed by atoms with Crippen molar-refractivity contribution in [2.24, 2.45) is 0 Å². The highest BCUT2D eigenvalue weighted by Crippen LogP contribution is 2.37. The van der Waals surface area contributed by atoms with Gasteiger partial charge in [0.05, 0.1) is 5.54 Å². The Morgan fingerprint density at radius 3 is 1.12 bits per heavy atom. The van der Waals surface area contributed by atoms with Gasteiger partial charge in [0.25, 0.3) is 0 Å². The zero-order chi connectivity index (χ0) is 32.1. The average Bonchev–Trinajstić information content (AvgIpc) is 3.04.